The van der Waals surface area contributed by atoms with Gasteiger partial charge < -0.3 is 4.98 Å². The number of halogens is 1. The average molecular weight is 333 g/mol. The van der Waals surface area contributed by atoms with E-state index in [9.17, 15) is 4.79 Å². The molecule has 1 aliphatic carbocycles. The third-order valence-electron chi connectivity index (χ3n) is 4.02. The molecule has 3 nitrogen and oxygen atoms in total. The second kappa shape index (κ2) is 5.52. The van der Waals surface area contributed by atoms with Crippen molar-refractivity contribution in [2.24, 2.45) is 0 Å². The monoisotopic (exact) mass is 332 g/mol. The Balaban J connectivity index is 1.96. The summed E-state index contributed by atoms with van der Waals surface area (Å²) in [5.41, 5.74) is 3.60. The Labute approximate surface area is 126 Å². The van der Waals surface area contributed by atoms with Crippen LogP contribution in [-0.4, -0.2) is 9.97 Å². The molecule has 1 aliphatic rings. The SMILES string of the molecule is CCc1nc(C2CCc3ccccc3C2)[nH]c(=O)c1Br. The van der Waals surface area contributed by atoms with Crippen LogP contribution in [-0.2, 0) is 19.3 Å². The summed E-state index contributed by atoms with van der Waals surface area (Å²) in [7, 11) is 0. The molecule has 1 heterocycles. The highest BCUT2D eigenvalue weighted by Gasteiger charge is 2.22. The minimum Gasteiger partial charge on any atom is -0.309 e. The number of aryl methyl sites for hydroxylation is 2. The Kier molecular flexibility index (Phi) is 3.74. The van der Waals surface area contributed by atoms with Crippen LogP contribution in [0.5, 0.6) is 0 Å². The van der Waals surface area contributed by atoms with Crippen molar-refractivity contribution < 1.29 is 0 Å². The zero-order valence-corrected chi connectivity index (χ0v) is 13.0. The summed E-state index contributed by atoms with van der Waals surface area (Å²) >= 11 is 3.32. The van der Waals surface area contributed by atoms with E-state index in [1.165, 1.54) is 11.1 Å². The lowest BCUT2D eigenvalue weighted by Gasteiger charge is -2.24. The van der Waals surface area contributed by atoms with Crippen molar-refractivity contribution in [2.45, 2.75) is 38.5 Å². The number of rotatable bonds is 2. The van der Waals surface area contributed by atoms with Crippen molar-refractivity contribution in [3.63, 3.8) is 0 Å². The molecule has 0 saturated carbocycles. The lowest BCUT2D eigenvalue weighted by atomic mass is 9.83. The first kappa shape index (κ1) is 13.6. The number of nitrogens with zero attached hydrogens (tertiary/aromatic N) is 1. The lowest BCUT2D eigenvalue weighted by Crippen LogP contribution is -2.21. The normalized spacial score (nSPS) is 17.8. The molecule has 1 aromatic heterocycles. The molecule has 0 aliphatic heterocycles. The molecular formula is C16H17BrN2O. The molecule has 1 aromatic carbocycles. The molecule has 2 aromatic rings. The van der Waals surface area contributed by atoms with Gasteiger partial charge in [0.25, 0.3) is 5.56 Å². The highest BCUT2D eigenvalue weighted by atomic mass is 79.9. The number of fused-ring (bicyclic) bond motifs is 1. The first-order valence-electron chi connectivity index (χ1n) is 7.04. The molecule has 0 bridgehead atoms. The molecular weight excluding hydrogens is 316 g/mol. The molecule has 0 fully saturated rings. The zero-order chi connectivity index (χ0) is 14.1. The smallest absolute Gasteiger partial charge is 0.265 e. The molecule has 1 unspecified atom stereocenters. The Morgan fingerprint density at radius 3 is 2.85 bits per heavy atom. The molecule has 0 radical (unpaired) electrons. The minimum absolute atomic E-state index is 0.0642. The molecule has 104 valence electrons. The van der Waals surface area contributed by atoms with E-state index in [4.69, 9.17) is 0 Å². The molecule has 20 heavy (non-hydrogen) atoms. The Bertz CT molecular complexity index is 693. The van der Waals surface area contributed by atoms with Crippen LogP contribution in [0, 0.1) is 0 Å². The van der Waals surface area contributed by atoms with Crippen LogP contribution in [0.25, 0.3) is 0 Å². The van der Waals surface area contributed by atoms with Gasteiger partial charge in [-0.1, -0.05) is 31.2 Å². The van der Waals surface area contributed by atoms with Crippen LogP contribution < -0.4 is 5.56 Å². The summed E-state index contributed by atoms with van der Waals surface area (Å²) in [4.78, 5) is 19.5. The predicted molar refractivity (Wildman–Crippen MR) is 83.1 cm³/mol. The molecule has 3 rings (SSSR count). The standard InChI is InChI=1S/C16H17BrN2O/c1-2-13-14(17)16(20)19-15(18-13)12-8-7-10-5-3-4-6-11(10)9-12/h3-6,12H,2,7-9H2,1H3,(H,18,19,20). The highest BCUT2D eigenvalue weighted by molar-refractivity contribution is 9.10. The number of H-pyrrole nitrogens is 1. The molecule has 1 N–H and O–H groups in total. The number of benzene rings is 1. The van der Waals surface area contributed by atoms with Gasteiger partial charge in [-0.15, -0.1) is 0 Å². The fourth-order valence-corrected chi connectivity index (χ4v) is 3.35. The van der Waals surface area contributed by atoms with E-state index in [0.29, 0.717) is 10.4 Å². The molecule has 0 spiro atoms. The largest absolute Gasteiger partial charge is 0.309 e. The highest BCUT2D eigenvalue weighted by Crippen LogP contribution is 2.30. The van der Waals surface area contributed by atoms with E-state index in [1.807, 2.05) is 6.92 Å². The number of aromatic nitrogens is 2. The van der Waals surface area contributed by atoms with E-state index in [0.717, 1.165) is 37.2 Å². The third kappa shape index (κ3) is 2.44. The van der Waals surface area contributed by atoms with E-state index < -0.39 is 0 Å². The van der Waals surface area contributed by atoms with Crippen LogP contribution in [0.4, 0.5) is 0 Å². The molecule has 4 heteroatoms. The fraction of sp³-hybridized carbons (Fsp3) is 0.375. The van der Waals surface area contributed by atoms with Crippen molar-refractivity contribution >= 4 is 15.9 Å². The van der Waals surface area contributed by atoms with Gasteiger partial charge in [-0.3, -0.25) is 4.79 Å². The van der Waals surface area contributed by atoms with Crippen LogP contribution >= 0.6 is 15.9 Å². The van der Waals surface area contributed by atoms with Gasteiger partial charge in [0.15, 0.2) is 0 Å². The van der Waals surface area contributed by atoms with Crippen LogP contribution in [0.3, 0.4) is 0 Å². The van der Waals surface area contributed by atoms with E-state index in [2.05, 4.69) is 50.2 Å². The quantitative estimate of drug-likeness (QED) is 0.916. The van der Waals surface area contributed by atoms with Gasteiger partial charge in [-0.05, 0) is 52.7 Å². The summed E-state index contributed by atoms with van der Waals surface area (Å²) in [6.45, 7) is 2.02. The maximum absolute atomic E-state index is 12.0. The summed E-state index contributed by atoms with van der Waals surface area (Å²) in [6, 6.07) is 8.55. The molecule has 0 amide bonds. The third-order valence-corrected chi connectivity index (χ3v) is 4.84. The van der Waals surface area contributed by atoms with Crippen molar-refractivity contribution in [2.75, 3.05) is 0 Å². The summed E-state index contributed by atoms with van der Waals surface area (Å²) in [6.07, 6.45) is 3.83. The van der Waals surface area contributed by atoms with Gasteiger partial charge in [0, 0.05) is 5.92 Å². The summed E-state index contributed by atoms with van der Waals surface area (Å²) in [5, 5.41) is 0. The average Bonchev–Trinajstić information content (AvgIpc) is 2.49. The van der Waals surface area contributed by atoms with Crippen LogP contribution in [0.15, 0.2) is 33.5 Å². The van der Waals surface area contributed by atoms with Gasteiger partial charge in [-0.25, -0.2) is 4.98 Å². The van der Waals surface area contributed by atoms with Gasteiger partial charge in [-0.2, -0.15) is 0 Å². The maximum atomic E-state index is 12.0. The topological polar surface area (TPSA) is 45.8 Å². The van der Waals surface area contributed by atoms with E-state index >= 15 is 0 Å². The minimum atomic E-state index is -0.0642. The Hall–Kier alpha value is -1.42. The molecule has 0 saturated heterocycles. The van der Waals surface area contributed by atoms with Gasteiger partial charge in [0.1, 0.15) is 10.3 Å². The Morgan fingerprint density at radius 2 is 2.10 bits per heavy atom. The van der Waals surface area contributed by atoms with Crippen LogP contribution in [0.1, 0.15) is 41.9 Å². The summed E-state index contributed by atoms with van der Waals surface area (Å²) < 4.78 is 0.569. The lowest BCUT2D eigenvalue weighted by molar-refractivity contribution is 0.549. The van der Waals surface area contributed by atoms with Crippen molar-refractivity contribution in [3.8, 4) is 0 Å². The van der Waals surface area contributed by atoms with Gasteiger partial charge in [0.2, 0.25) is 0 Å². The second-order valence-electron chi connectivity index (χ2n) is 5.27. The number of hydrogen-bond acceptors (Lipinski definition) is 2. The fourth-order valence-electron chi connectivity index (χ4n) is 2.88. The first-order chi connectivity index (χ1) is 9.69. The first-order valence-corrected chi connectivity index (χ1v) is 7.83. The van der Waals surface area contributed by atoms with Crippen LogP contribution in [0.2, 0.25) is 0 Å². The zero-order valence-electron chi connectivity index (χ0n) is 11.4. The molecule has 1 atom stereocenters. The van der Waals surface area contributed by atoms with Gasteiger partial charge >= 0.3 is 0 Å². The van der Waals surface area contributed by atoms with Crippen molar-refractivity contribution in [1.29, 1.82) is 0 Å². The Morgan fingerprint density at radius 1 is 1.35 bits per heavy atom. The van der Waals surface area contributed by atoms with E-state index in [1.54, 1.807) is 0 Å². The van der Waals surface area contributed by atoms with Crippen molar-refractivity contribution in [1.82, 2.24) is 9.97 Å². The predicted octanol–water partition coefficient (Wildman–Crippen LogP) is 3.37. The maximum Gasteiger partial charge on any atom is 0.265 e. The number of hydrogen-bond donors (Lipinski definition) is 1. The second-order valence-corrected chi connectivity index (χ2v) is 6.07. The number of nitrogens with one attached hydrogen (secondary N) is 1. The van der Waals surface area contributed by atoms with E-state index in [-0.39, 0.29) is 5.56 Å². The van der Waals surface area contributed by atoms with Gasteiger partial charge in [0.05, 0.1) is 5.69 Å². The summed E-state index contributed by atoms with van der Waals surface area (Å²) in [5.74, 6) is 1.15. The van der Waals surface area contributed by atoms with Crippen molar-refractivity contribution in [3.05, 3.63) is 61.7 Å². The number of aromatic amines is 1.